The first-order chi connectivity index (χ1) is 4.34. The van der Waals surface area contributed by atoms with E-state index in [1.807, 2.05) is 0 Å². The van der Waals surface area contributed by atoms with Gasteiger partial charge in [0.2, 0.25) is 0 Å². The number of hydrogen-bond acceptors (Lipinski definition) is 3. The SMILES string of the molecule is COCc1scnc1Br. The second-order valence-electron chi connectivity index (χ2n) is 1.50. The van der Waals surface area contributed by atoms with E-state index in [0.717, 1.165) is 9.48 Å². The maximum Gasteiger partial charge on any atom is 0.122 e. The summed E-state index contributed by atoms with van der Waals surface area (Å²) in [7, 11) is 1.67. The molecular weight excluding hydrogens is 202 g/mol. The largest absolute Gasteiger partial charge is 0.379 e. The highest BCUT2D eigenvalue weighted by molar-refractivity contribution is 9.10. The molecule has 0 aliphatic rings. The molecule has 0 atom stereocenters. The molecule has 0 fully saturated rings. The molecule has 0 radical (unpaired) electrons. The van der Waals surface area contributed by atoms with E-state index in [4.69, 9.17) is 4.74 Å². The van der Waals surface area contributed by atoms with Crippen LogP contribution in [0.4, 0.5) is 0 Å². The minimum absolute atomic E-state index is 0.644. The zero-order chi connectivity index (χ0) is 6.69. The fourth-order valence-corrected chi connectivity index (χ4v) is 1.74. The Hall–Kier alpha value is 0.0700. The molecule has 50 valence electrons. The second kappa shape index (κ2) is 3.29. The first kappa shape index (κ1) is 7.18. The quantitative estimate of drug-likeness (QED) is 0.741. The van der Waals surface area contributed by atoms with Crippen LogP contribution in [0.25, 0.3) is 0 Å². The van der Waals surface area contributed by atoms with Crippen molar-refractivity contribution in [2.24, 2.45) is 0 Å². The molecule has 4 heteroatoms. The molecule has 0 spiro atoms. The van der Waals surface area contributed by atoms with Gasteiger partial charge in [-0.15, -0.1) is 11.3 Å². The average molecular weight is 208 g/mol. The van der Waals surface area contributed by atoms with Gasteiger partial charge in [0.1, 0.15) is 4.60 Å². The number of ether oxygens (including phenoxy) is 1. The fourth-order valence-electron chi connectivity index (χ4n) is 0.482. The van der Waals surface area contributed by atoms with E-state index < -0.39 is 0 Å². The fraction of sp³-hybridized carbons (Fsp3) is 0.400. The highest BCUT2D eigenvalue weighted by Crippen LogP contribution is 2.19. The van der Waals surface area contributed by atoms with Gasteiger partial charge in [-0.1, -0.05) is 0 Å². The monoisotopic (exact) mass is 207 g/mol. The van der Waals surface area contributed by atoms with Gasteiger partial charge in [-0.2, -0.15) is 0 Å². The summed E-state index contributed by atoms with van der Waals surface area (Å²) < 4.78 is 5.80. The average Bonchev–Trinajstić information content (AvgIpc) is 2.18. The van der Waals surface area contributed by atoms with Gasteiger partial charge in [0.05, 0.1) is 17.0 Å². The minimum atomic E-state index is 0.644. The van der Waals surface area contributed by atoms with Crippen molar-refractivity contribution in [1.82, 2.24) is 4.98 Å². The second-order valence-corrected chi connectivity index (χ2v) is 3.19. The van der Waals surface area contributed by atoms with Gasteiger partial charge in [-0.3, -0.25) is 0 Å². The van der Waals surface area contributed by atoms with E-state index in [9.17, 15) is 0 Å². The van der Waals surface area contributed by atoms with Gasteiger partial charge < -0.3 is 4.74 Å². The minimum Gasteiger partial charge on any atom is -0.379 e. The first-order valence-corrected chi connectivity index (χ1v) is 4.08. The molecule has 1 rings (SSSR count). The van der Waals surface area contributed by atoms with Crippen LogP contribution in [-0.2, 0) is 11.3 Å². The molecule has 9 heavy (non-hydrogen) atoms. The standard InChI is InChI=1S/C5H6BrNOS/c1-8-2-4-5(6)7-3-9-4/h3H,2H2,1H3. The molecule has 0 amide bonds. The van der Waals surface area contributed by atoms with Gasteiger partial charge in [-0.25, -0.2) is 4.98 Å². The van der Waals surface area contributed by atoms with E-state index in [1.54, 1.807) is 24.0 Å². The van der Waals surface area contributed by atoms with Crippen molar-refractivity contribution in [2.75, 3.05) is 7.11 Å². The number of rotatable bonds is 2. The molecule has 1 aromatic rings. The normalized spacial score (nSPS) is 10.0. The van der Waals surface area contributed by atoms with Crippen LogP contribution < -0.4 is 0 Å². The van der Waals surface area contributed by atoms with E-state index >= 15 is 0 Å². The maximum absolute atomic E-state index is 4.91. The number of halogens is 1. The molecule has 0 aliphatic heterocycles. The zero-order valence-corrected chi connectivity index (χ0v) is 7.33. The lowest BCUT2D eigenvalue weighted by molar-refractivity contribution is 0.187. The Balaban J connectivity index is 2.69. The van der Waals surface area contributed by atoms with Crippen LogP contribution in [0, 0.1) is 0 Å². The topological polar surface area (TPSA) is 22.1 Å². The van der Waals surface area contributed by atoms with Gasteiger partial charge in [0.25, 0.3) is 0 Å². The predicted molar refractivity (Wildman–Crippen MR) is 40.5 cm³/mol. The van der Waals surface area contributed by atoms with Gasteiger partial charge in [0, 0.05) is 7.11 Å². The van der Waals surface area contributed by atoms with Crippen LogP contribution >= 0.6 is 27.3 Å². The zero-order valence-electron chi connectivity index (χ0n) is 4.93. The molecule has 0 saturated carbocycles. The lowest BCUT2D eigenvalue weighted by Gasteiger charge is -1.91. The van der Waals surface area contributed by atoms with Crippen LogP contribution in [0.15, 0.2) is 10.1 Å². The van der Waals surface area contributed by atoms with Crippen molar-refractivity contribution in [3.8, 4) is 0 Å². The van der Waals surface area contributed by atoms with Gasteiger partial charge in [0.15, 0.2) is 0 Å². The number of methoxy groups -OCH3 is 1. The van der Waals surface area contributed by atoms with E-state index in [2.05, 4.69) is 20.9 Å². The molecular formula is C5H6BrNOS. The van der Waals surface area contributed by atoms with E-state index in [0.29, 0.717) is 6.61 Å². The number of nitrogens with zero attached hydrogens (tertiary/aromatic N) is 1. The van der Waals surface area contributed by atoms with Crippen LogP contribution in [-0.4, -0.2) is 12.1 Å². The molecule has 0 aromatic carbocycles. The summed E-state index contributed by atoms with van der Waals surface area (Å²) >= 11 is 4.88. The molecule has 1 heterocycles. The maximum atomic E-state index is 4.91. The van der Waals surface area contributed by atoms with Gasteiger partial charge in [-0.05, 0) is 15.9 Å². The van der Waals surface area contributed by atoms with Crippen molar-refractivity contribution in [1.29, 1.82) is 0 Å². The Morgan fingerprint density at radius 2 is 2.67 bits per heavy atom. The summed E-state index contributed by atoms with van der Waals surface area (Å²) in [6.45, 7) is 0.644. The van der Waals surface area contributed by atoms with Crippen molar-refractivity contribution < 1.29 is 4.74 Å². The Kier molecular flexibility index (Phi) is 2.63. The molecule has 0 bridgehead atoms. The van der Waals surface area contributed by atoms with Crippen molar-refractivity contribution in [2.45, 2.75) is 6.61 Å². The van der Waals surface area contributed by atoms with Crippen LogP contribution in [0.5, 0.6) is 0 Å². The van der Waals surface area contributed by atoms with Crippen LogP contribution in [0.2, 0.25) is 0 Å². The predicted octanol–water partition coefficient (Wildman–Crippen LogP) is 2.05. The Morgan fingerprint density at radius 1 is 1.89 bits per heavy atom. The molecule has 1 aromatic heterocycles. The third-order valence-corrected chi connectivity index (χ3v) is 2.62. The summed E-state index contributed by atoms with van der Waals surface area (Å²) in [5.74, 6) is 0. The Labute approximate surface area is 66.0 Å². The highest BCUT2D eigenvalue weighted by Gasteiger charge is 1.99. The van der Waals surface area contributed by atoms with E-state index in [-0.39, 0.29) is 0 Å². The smallest absolute Gasteiger partial charge is 0.122 e. The summed E-state index contributed by atoms with van der Waals surface area (Å²) in [6, 6.07) is 0. The van der Waals surface area contributed by atoms with Crippen LogP contribution in [0.3, 0.4) is 0 Å². The number of hydrogen-bond donors (Lipinski definition) is 0. The Bertz CT molecular complexity index is 189. The third kappa shape index (κ3) is 1.74. The van der Waals surface area contributed by atoms with Crippen molar-refractivity contribution in [3.63, 3.8) is 0 Å². The molecule has 0 N–H and O–H groups in total. The van der Waals surface area contributed by atoms with Crippen LogP contribution in [0.1, 0.15) is 4.88 Å². The summed E-state index contributed by atoms with van der Waals surface area (Å²) in [5.41, 5.74) is 1.79. The Morgan fingerprint density at radius 3 is 3.11 bits per heavy atom. The lowest BCUT2D eigenvalue weighted by atomic mass is 10.6. The molecule has 0 saturated heterocycles. The van der Waals surface area contributed by atoms with E-state index in [1.165, 1.54) is 0 Å². The van der Waals surface area contributed by atoms with Crippen molar-refractivity contribution in [3.05, 3.63) is 15.0 Å². The molecule has 0 unspecified atom stereocenters. The summed E-state index contributed by atoms with van der Waals surface area (Å²) in [6.07, 6.45) is 0. The van der Waals surface area contributed by atoms with Gasteiger partial charge >= 0.3 is 0 Å². The molecule has 0 aliphatic carbocycles. The third-order valence-electron chi connectivity index (χ3n) is 0.867. The lowest BCUT2D eigenvalue weighted by Crippen LogP contribution is -1.82. The highest BCUT2D eigenvalue weighted by atomic mass is 79.9. The molecule has 2 nitrogen and oxygen atoms in total. The number of aromatic nitrogens is 1. The summed E-state index contributed by atoms with van der Waals surface area (Å²) in [4.78, 5) is 5.13. The summed E-state index contributed by atoms with van der Waals surface area (Å²) in [5, 5.41) is 0. The first-order valence-electron chi connectivity index (χ1n) is 2.41. The number of thiazole rings is 1. The van der Waals surface area contributed by atoms with Crippen molar-refractivity contribution >= 4 is 27.3 Å².